The van der Waals surface area contributed by atoms with E-state index in [1.54, 1.807) is 36.7 Å². The zero-order valence-electron chi connectivity index (χ0n) is 16.5. The first-order valence-electron chi connectivity index (χ1n) is 9.49. The van der Waals surface area contributed by atoms with E-state index in [2.05, 4.69) is 25.3 Å². The highest BCUT2D eigenvalue weighted by atomic mass is 19.1. The fraction of sp³-hybridized carbons (Fsp3) is 0.0455. The van der Waals surface area contributed by atoms with E-state index in [4.69, 9.17) is 10.5 Å². The average Bonchev–Trinajstić information content (AvgIpc) is 3.39. The molecule has 0 spiro atoms. The van der Waals surface area contributed by atoms with Gasteiger partial charge in [0.2, 0.25) is 5.95 Å². The molecule has 9 heteroatoms. The van der Waals surface area contributed by atoms with Crippen molar-refractivity contribution in [2.75, 3.05) is 11.1 Å². The first-order valence-corrected chi connectivity index (χ1v) is 9.49. The highest BCUT2D eigenvalue weighted by Crippen LogP contribution is 2.32. The normalized spacial score (nSPS) is 11.0. The topological polar surface area (TPSA) is 107 Å². The number of ether oxygens (including phenoxy) is 1. The number of nitrogens with zero attached hydrogens (tertiary/aromatic N) is 4. The molecule has 0 saturated carbocycles. The molecule has 5 aromatic rings. The summed E-state index contributed by atoms with van der Waals surface area (Å²) in [6.45, 7) is 0. The fourth-order valence-electron chi connectivity index (χ4n) is 3.34. The molecular formula is C22H18FN7O. The summed E-state index contributed by atoms with van der Waals surface area (Å²) in [5, 5.41) is 3.85. The third-order valence-electron chi connectivity index (χ3n) is 4.79. The van der Waals surface area contributed by atoms with Crippen molar-refractivity contribution in [1.29, 1.82) is 0 Å². The van der Waals surface area contributed by atoms with Crippen LogP contribution < -0.4 is 15.8 Å². The van der Waals surface area contributed by atoms with Crippen molar-refractivity contribution >= 4 is 28.5 Å². The second-order valence-corrected chi connectivity index (χ2v) is 6.92. The van der Waals surface area contributed by atoms with Gasteiger partial charge < -0.3 is 25.3 Å². The van der Waals surface area contributed by atoms with E-state index in [1.165, 1.54) is 6.07 Å². The van der Waals surface area contributed by atoms with E-state index in [9.17, 15) is 4.39 Å². The summed E-state index contributed by atoms with van der Waals surface area (Å²) in [6, 6.07) is 13.7. The number of nitrogen functional groups attached to an aromatic ring is 1. The number of pyridine rings is 1. The molecule has 0 saturated heterocycles. The Kier molecular flexibility index (Phi) is 4.47. The van der Waals surface area contributed by atoms with Crippen molar-refractivity contribution < 1.29 is 9.13 Å². The largest absolute Gasteiger partial charge is 0.453 e. The molecular weight excluding hydrogens is 397 g/mol. The van der Waals surface area contributed by atoms with Crippen LogP contribution in [0.2, 0.25) is 0 Å². The van der Waals surface area contributed by atoms with Gasteiger partial charge in [0.05, 0.1) is 16.8 Å². The van der Waals surface area contributed by atoms with Crippen molar-refractivity contribution in [1.82, 2.24) is 24.5 Å². The predicted octanol–water partition coefficient (Wildman–Crippen LogP) is 4.62. The summed E-state index contributed by atoms with van der Waals surface area (Å²) in [5.74, 6) is 0.678. The van der Waals surface area contributed by atoms with E-state index in [-0.39, 0.29) is 11.7 Å². The summed E-state index contributed by atoms with van der Waals surface area (Å²) in [5.41, 5.74) is 8.60. The molecule has 0 unspecified atom stereocenters. The van der Waals surface area contributed by atoms with Crippen LogP contribution in [-0.2, 0) is 7.05 Å². The minimum absolute atomic E-state index is 0.103. The first-order chi connectivity index (χ1) is 15.1. The monoisotopic (exact) mass is 415 g/mol. The highest BCUT2D eigenvalue weighted by Gasteiger charge is 2.12. The van der Waals surface area contributed by atoms with Crippen molar-refractivity contribution in [3.05, 3.63) is 72.9 Å². The van der Waals surface area contributed by atoms with E-state index in [1.807, 2.05) is 36.0 Å². The number of fused-ring (bicyclic) bond motifs is 1. The number of benzene rings is 1. The Bertz CT molecular complexity index is 1390. The molecule has 0 bridgehead atoms. The van der Waals surface area contributed by atoms with Crippen LogP contribution in [0.4, 0.5) is 21.8 Å². The molecule has 4 heterocycles. The molecule has 0 aliphatic rings. The van der Waals surface area contributed by atoms with Gasteiger partial charge in [-0.2, -0.15) is 4.98 Å². The fourth-order valence-corrected chi connectivity index (χ4v) is 3.34. The lowest BCUT2D eigenvalue weighted by molar-refractivity contribution is 0.446. The number of anilines is 3. The Labute approximate surface area is 176 Å². The minimum Gasteiger partial charge on any atom is -0.453 e. The van der Waals surface area contributed by atoms with Crippen LogP contribution in [0.15, 0.2) is 67.1 Å². The van der Waals surface area contributed by atoms with Gasteiger partial charge in [0.1, 0.15) is 17.2 Å². The van der Waals surface area contributed by atoms with Crippen LogP contribution >= 0.6 is 0 Å². The molecule has 0 radical (unpaired) electrons. The maximum Gasteiger partial charge on any atom is 0.222 e. The zero-order chi connectivity index (χ0) is 21.4. The molecule has 0 atom stereocenters. The van der Waals surface area contributed by atoms with E-state index in [0.717, 1.165) is 11.1 Å². The number of hydrogen-bond acceptors (Lipinski definition) is 6. The van der Waals surface area contributed by atoms with Crippen LogP contribution in [0, 0.1) is 5.82 Å². The van der Waals surface area contributed by atoms with Crippen LogP contribution in [-0.4, -0.2) is 24.5 Å². The number of aryl methyl sites for hydroxylation is 1. The molecule has 0 aliphatic carbocycles. The maximum absolute atomic E-state index is 14.8. The van der Waals surface area contributed by atoms with Gasteiger partial charge in [0.15, 0.2) is 11.6 Å². The number of halogens is 1. The van der Waals surface area contributed by atoms with Gasteiger partial charge in [0, 0.05) is 43.5 Å². The van der Waals surface area contributed by atoms with Crippen molar-refractivity contribution in [3.63, 3.8) is 0 Å². The molecule has 0 fully saturated rings. The molecule has 1 aromatic carbocycles. The van der Waals surface area contributed by atoms with Crippen molar-refractivity contribution in [3.8, 4) is 22.9 Å². The van der Waals surface area contributed by atoms with Gasteiger partial charge in [-0.3, -0.25) is 0 Å². The lowest BCUT2D eigenvalue weighted by Gasteiger charge is -2.11. The lowest BCUT2D eigenvalue weighted by atomic mass is 10.2. The molecule has 31 heavy (non-hydrogen) atoms. The Morgan fingerprint density at radius 3 is 2.81 bits per heavy atom. The first kappa shape index (κ1) is 18.6. The Hall–Kier alpha value is -4.40. The minimum atomic E-state index is -0.518. The summed E-state index contributed by atoms with van der Waals surface area (Å²) >= 11 is 0. The molecule has 154 valence electrons. The molecule has 8 nitrogen and oxygen atoms in total. The molecule has 0 aliphatic heterocycles. The number of hydrogen-bond donors (Lipinski definition) is 3. The van der Waals surface area contributed by atoms with Crippen LogP contribution in [0.3, 0.4) is 0 Å². The molecule has 4 aromatic heterocycles. The summed E-state index contributed by atoms with van der Waals surface area (Å²) in [7, 11) is 1.92. The summed E-state index contributed by atoms with van der Waals surface area (Å²) < 4.78 is 22.5. The average molecular weight is 415 g/mol. The Morgan fingerprint density at radius 2 is 2.00 bits per heavy atom. The smallest absolute Gasteiger partial charge is 0.222 e. The van der Waals surface area contributed by atoms with E-state index in [0.29, 0.717) is 28.6 Å². The van der Waals surface area contributed by atoms with Crippen LogP contribution in [0.25, 0.3) is 22.4 Å². The highest BCUT2D eigenvalue weighted by molar-refractivity contribution is 5.82. The quantitative estimate of drug-likeness (QED) is 0.387. The predicted molar refractivity (Wildman–Crippen MR) is 117 cm³/mol. The van der Waals surface area contributed by atoms with Crippen LogP contribution in [0.1, 0.15) is 0 Å². The molecule has 4 N–H and O–H groups in total. The van der Waals surface area contributed by atoms with Gasteiger partial charge in [-0.25, -0.2) is 14.4 Å². The second-order valence-electron chi connectivity index (χ2n) is 6.92. The summed E-state index contributed by atoms with van der Waals surface area (Å²) in [6.07, 6.45) is 5.27. The van der Waals surface area contributed by atoms with Gasteiger partial charge in [-0.15, -0.1) is 0 Å². The number of nitrogens with two attached hydrogens (primary N) is 1. The number of aromatic nitrogens is 5. The number of aromatic amines is 1. The zero-order valence-corrected chi connectivity index (χ0v) is 16.5. The van der Waals surface area contributed by atoms with E-state index < -0.39 is 5.82 Å². The lowest BCUT2D eigenvalue weighted by Crippen LogP contribution is -2.03. The second kappa shape index (κ2) is 7.45. The van der Waals surface area contributed by atoms with Crippen molar-refractivity contribution in [2.24, 2.45) is 7.05 Å². The SMILES string of the molecule is Cn1cccc1-c1cc(Nc2ccc(Oc3ccnc4[nH]ccc34)c(F)c2)nc(N)n1. The Morgan fingerprint density at radius 1 is 1.10 bits per heavy atom. The molecule has 0 amide bonds. The van der Waals surface area contributed by atoms with Gasteiger partial charge in [-0.1, -0.05) is 0 Å². The van der Waals surface area contributed by atoms with Gasteiger partial charge in [0.25, 0.3) is 0 Å². The number of rotatable bonds is 5. The van der Waals surface area contributed by atoms with E-state index >= 15 is 0 Å². The Balaban J connectivity index is 1.40. The van der Waals surface area contributed by atoms with Gasteiger partial charge >= 0.3 is 0 Å². The summed E-state index contributed by atoms with van der Waals surface area (Å²) in [4.78, 5) is 15.7. The third-order valence-corrected chi connectivity index (χ3v) is 4.79. The number of nitrogens with one attached hydrogen (secondary N) is 2. The number of H-pyrrole nitrogens is 1. The standard InChI is InChI=1S/C22H18FN7O/c1-30-10-2-3-17(30)16-12-20(29-22(24)28-16)27-13-4-5-19(15(23)11-13)31-18-7-9-26-21-14(18)6-8-25-21/h2-12H,1H3,(H,25,26)(H3,24,27,28,29). The maximum atomic E-state index is 14.8. The van der Waals surface area contributed by atoms with Crippen LogP contribution in [0.5, 0.6) is 11.5 Å². The van der Waals surface area contributed by atoms with Crippen molar-refractivity contribution in [2.45, 2.75) is 0 Å². The third kappa shape index (κ3) is 3.64. The van der Waals surface area contributed by atoms with Gasteiger partial charge in [-0.05, 0) is 36.4 Å². The molecule has 5 rings (SSSR count).